The molecule has 92 valence electrons. The Morgan fingerprint density at radius 1 is 1.29 bits per heavy atom. The quantitative estimate of drug-likeness (QED) is 0.841. The number of rotatable bonds is 2. The van der Waals surface area contributed by atoms with Gasteiger partial charge in [0.05, 0.1) is 0 Å². The van der Waals surface area contributed by atoms with Crippen LogP contribution in [0.3, 0.4) is 0 Å². The molecule has 1 aliphatic carbocycles. The number of aryl methyl sites for hydroxylation is 1. The first-order valence-corrected chi connectivity index (χ1v) is 6.58. The van der Waals surface area contributed by atoms with Crippen LogP contribution < -0.4 is 10.6 Å². The standard InChI is InChI=1S/C13H20N4/c1-9-7-12(10-3-2-4-10)16-13(15-9)17-6-5-11(14)8-17/h7,10-11H,2-6,8,14H2,1H3. The Bertz CT molecular complexity index is 414. The smallest absolute Gasteiger partial charge is 0.225 e. The molecule has 0 spiro atoms. The number of anilines is 1. The second-order valence-electron chi connectivity index (χ2n) is 5.36. The third-order valence-electron chi connectivity index (χ3n) is 3.89. The maximum absolute atomic E-state index is 5.94. The summed E-state index contributed by atoms with van der Waals surface area (Å²) in [5.74, 6) is 1.56. The summed E-state index contributed by atoms with van der Waals surface area (Å²) in [6.45, 7) is 3.95. The van der Waals surface area contributed by atoms with Gasteiger partial charge in [-0.05, 0) is 32.3 Å². The molecule has 1 saturated heterocycles. The lowest BCUT2D eigenvalue weighted by molar-refractivity contribution is 0.410. The fourth-order valence-corrected chi connectivity index (χ4v) is 2.60. The minimum atomic E-state index is 0.284. The summed E-state index contributed by atoms with van der Waals surface area (Å²) < 4.78 is 0. The molecule has 0 bridgehead atoms. The van der Waals surface area contributed by atoms with Crippen LogP contribution in [0, 0.1) is 6.92 Å². The van der Waals surface area contributed by atoms with Crippen molar-refractivity contribution < 1.29 is 0 Å². The van der Waals surface area contributed by atoms with Gasteiger partial charge >= 0.3 is 0 Å². The van der Waals surface area contributed by atoms with E-state index < -0.39 is 0 Å². The molecule has 1 unspecified atom stereocenters. The van der Waals surface area contributed by atoms with Crippen LogP contribution in [-0.4, -0.2) is 29.1 Å². The molecule has 2 aliphatic rings. The first-order valence-electron chi connectivity index (χ1n) is 6.58. The molecule has 0 radical (unpaired) electrons. The highest BCUT2D eigenvalue weighted by Crippen LogP contribution is 2.36. The Kier molecular flexibility index (Phi) is 2.74. The molecule has 3 rings (SSSR count). The van der Waals surface area contributed by atoms with E-state index in [0.717, 1.165) is 31.2 Å². The summed E-state index contributed by atoms with van der Waals surface area (Å²) >= 11 is 0. The highest BCUT2D eigenvalue weighted by atomic mass is 15.3. The van der Waals surface area contributed by atoms with Gasteiger partial charge in [0.25, 0.3) is 0 Å². The van der Waals surface area contributed by atoms with E-state index in [1.807, 2.05) is 0 Å². The fraction of sp³-hybridized carbons (Fsp3) is 0.692. The lowest BCUT2D eigenvalue weighted by atomic mass is 9.83. The van der Waals surface area contributed by atoms with E-state index in [-0.39, 0.29) is 6.04 Å². The van der Waals surface area contributed by atoms with Gasteiger partial charge in [-0.1, -0.05) is 6.42 Å². The van der Waals surface area contributed by atoms with Gasteiger partial charge in [-0.2, -0.15) is 0 Å². The zero-order valence-corrected chi connectivity index (χ0v) is 10.4. The van der Waals surface area contributed by atoms with Gasteiger partial charge in [-0.25, -0.2) is 9.97 Å². The summed E-state index contributed by atoms with van der Waals surface area (Å²) in [4.78, 5) is 11.5. The van der Waals surface area contributed by atoms with Crippen LogP contribution in [0.15, 0.2) is 6.07 Å². The summed E-state index contributed by atoms with van der Waals surface area (Å²) in [5.41, 5.74) is 8.25. The van der Waals surface area contributed by atoms with E-state index in [1.54, 1.807) is 0 Å². The Balaban J connectivity index is 1.85. The molecule has 1 atom stereocenters. The second-order valence-corrected chi connectivity index (χ2v) is 5.36. The zero-order chi connectivity index (χ0) is 11.8. The van der Waals surface area contributed by atoms with Crippen molar-refractivity contribution in [1.82, 2.24) is 9.97 Å². The Morgan fingerprint density at radius 3 is 2.71 bits per heavy atom. The number of nitrogens with two attached hydrogens (primary N) is 1. The van der Waals surface area contributed by atoms with Crippen LogP contribution in [0.4, 0.5) is 5.95 Å². The van der Waals surface area contributed by atoms with Crippen LogP contribution in [0.5, 0.6) is 0 Å². The number of hydrogen-bond acceptors (Lipinski definition) is 4. The summed E-state index contributed by atoms with van der Waals surface area (Å²) in [6, 6.07) is 2.43. The van der Waals surface area contributed by atoms with Crippen molar-refractivity contribution in [3.63, 3.8) is 0 Å². The van der Waals surface area contributed by atoms with Crippen LogP contribution in [0.1, 0.15) is 43.0 Å². The first-order chi connectivity index (χ1) is 8.22. The molecule has 17 heavy (non-hydrogen) atoms. The molecule has 2 heterocycles. The lowest BCUT2D eigenvalue weighted by Crippen LogP contribution is -2.28. The van der Waals surface area contributed by atoms with Gasteiger partial charge in [-0.15, -0.1) is 0 Å². The van der Waals surface area contributed by atoms with Crippen LogP contribution in [-0.2, 0) is 0 Å². The maximum Gasteiger partial charge on any atom is 0.225 e. The minimum Gasteiger partial charge on any atom is -0.339 e. The number of nitrogens with zero attached hydrogens (tertiary/aromatic N) is 3. The predicted octanol–water partition coefficient (Wildman–Crippen LogP) is 1.59. The van der Waals surface area contributed by atoms with Crippen molar-refractivity contribution >= 4 is 5.95 Å². The van der Waals surface area contributed by atoms with E-state index in [9.17, 15) is 0 Å². The minimum absolute atomic E-state index is 0.284. The topological polar surface area (TPSA) is 55.0 Å². The van der Waals surface area contributed by atoms with Gasteiger partial charge in [0.1, 0.15) is 0 Å². The Hall–Kier alpha value is -1.16. The van der Waals surface area contributed by atoms with E-state index in [4.69, 9.17) is 10.7 Å². The van der Waals surface area contributed by atoms with Crippen molar-refractivity contribution in [2.24, 2.45) is 5.73 Å². The summed E-state index contributed by atoms with van der Waals surface area (Å²) in [7, 11) is 0. The molecule has 4 heteroatoms. The molecule has 2 fully saturated rings. The molecule has 4 nitrogen and oxygen atoms in total. The molecule has 2 N–H and O–H groups in total. The average Bonchev–Trinajstić information content (AvgIpc) is 2.61. The highest BCUT2D eigenvalue weighted by Gasteiger charge is 2.25. The third-order valence-corrected chi connectivity index (χ3v) is 3.89. The van der Waals surface area contributed by atoms with Crippen molar-refractivity contribution in [1.29, 1.82) is 0 Å². The third kappa shape index (κ3) is 2.14. The highest BCUT2D eigenvalue weighted by molar-refractivity contribution is 5.35. The molecular weight excluding hydrogens is 212 g/mol. The van der Waals surface area contributed by atoms with Gasteiger partial charge in [0, 0.05) is 36.4 Å². The molecule has 1 aromatic rings. The Morgan fingerprint density at radius 2 is 2.12 bits per heavy atom. The van der Waals surface area contributed by atoms with E-state index in [2.05, 4.69) is 22.9 Å². The van der Waals surface area contributed by atoms with E-state index >= 15 is 0 Å². The molecule has 0 amide bonds. The molecule has 1 aliphatic heterocycles. The Labute approximate surface area is 102 Å². The zero-order valence-electron chi connectivity index (χ0n) is 10.4. The molecule has 1 saturated carbocycles. The first kappa shape index (κ1) is 11.0. The van der Waals surface area contributed by atoms with Crippen LogP contribution >= 0.6 is 0 Å². The molecule has 0 aromatic carbocycles. The summed E-state index contributed by atoms with van der Waals surface area (Å²) in [5, 5.41) is 0. The molecular formula is C13H20N4. The lowest BCUT2D eigenvalue weighted by Gasteiger charge is -2.26. The fourth-order valence-electron chi connectivity index (χ4n) is 2.60. The van der Waals surface area contributed by atoms with Gasteiger partial charge in [0.2, 0.25) is 5.95 Å². The van der Waals surface area contributed by atoms with Crippen molar-refractivity contribution in [3.05, 3.63) is 17.5 Å². The van der Waals surface area contributed by atoms with E-state index in [1.165, 1.54) is 25.0 Å². The normalized spacial score (nSPS) is 25.1. The monoisotopic (exact) mass is 232 g/mol. The average molecular weight is 232 g/mol. The number of hydrogen-bond donors (Lipinski definition) is 1. The molecule has 1 aromatic heterocycles. The van der Waals surface area contributed by atoms with Gasteiger partial charge < -0.3 is 10.6 Å². The van der Waals surface area contributed by atoms with Crippen LogP contribution in [0.2, 0.25) is 0 Å². The van der Waals surface area contributed by atoms with Gasteiger partial charge in [0.15, 0.2) is 0 Å². The second kappa shape index (κ2) is 4.26. The summed E-state index contributed by atoms with van der Waals surface area (Å²) in [6.07, 6.45) is 4.97. The van der Waals surface area contributed by atoms with Crippen LogP contribution in [0.25, 0.3) is 0 Å². The van der Waals surface area contributed by atoms with Gasteiger partial charge in [-0.3, -0.25) is 0 Å². The van der Waals surface area contributed by atoms with Crippen molar-refractivity contribution in [3.8, 4) is 0 Å². The maximum atomic E-state index is 5.94. The van der Waals surface area contributed by atoms with E-state index in [0.29, 0.717) is 5.92 Å². The SMILES string of the molecule is Cc1cc(C2CCC2)nc(N2CCC(N)C2)n1. The largest absolute Gasteiger partial charge is 0.339 e. The van der Waals surface area contributed by atoms with Crippen molar-refractivity contribution in [2.75, 3.05) is 18.0 Å². The van der Waals surface area contributed by atoms with Crippen molar-refractivity contribution in [2.45, 2.75) is 44.6 Å². The predicted molar refractivity (Wildman–Crippen MR) is 68.2 cm³/mol. The number of aromatic nitrogens is 2.